The molecule has 2 aliphatic rings. The molecule has 0 aromatic rings. The third kappa shape index (κ3) is 2.31. The van der Waals surface area contributed by atoms with Gasteiger partial charge in [-0.05, 0) is 43.4 Å². The Labute approximate surface area is 88.4 Å². The Hall–Kier alpha value is -0.0400. The fourth-order valence-corrected chi connectivity index (χ4v) is 3.56. The fraction of sp³-hybridized carbons (Fsp3) is 1.00. The lowest BCUT2D eigenvalue weighted by molar-refractivity contribution is 0.206. The minimum atomic E-state index is 0.528. The first-order chi connectivity index (χ1) is 6.77. The lowest BCUT2D eigenvalue weighted by Gasteiger charge is -2.34. The zero-order valence-electron chi connectivity index (χ0n) is 9.54. The molecule has 3 atom stereocenters. The van der Waals surface area contributed by atoms with Crippen molar-refractivity contribution in [2.45, 2.75) is 64.3 Å². The van der Waals surface area contributed by atoms with Gasteiger partial charge in [0.1, 0.15) is 0 Å². The van der Waals surface area contributed by atoms with Crippen molar-refractivity contribution in [3.05, 3.63) is 0 Å². The van der Waals surface area contributed by atoms with E-state index in [2.05, 4.69) is 6.92 Å². The zero-order valence-corrected chi connectivity index (χ0v) is 9.54. The molecule has 0 aromatic heterocycles. The monoisotopic (exact) mass is 195 g/mol. The van der Waals surface area contributed by atoms with Crippen molar-refractivity contribution in [2.75, 3.05) is 0 Å². The van der Waals surface area contributed by atoms with Gasteiger partial charge < -0.3 is 5.73 Å². The van der Waals surface area contributed by atoms with Gasteiger partial charge in [-0.15, -0.1) is 0 Å². The second-order valence-corrected chi connectivity index (χ2v) is 5.65. The summed E-state index contributed by atoms with van der Waals surface area (Å²) in [7, 11) is 0. The molecule has 0 radical (unpaired) electrons. The molecule has 0 saturated heterocycles. The molecule has 0 heterocycles. The van der Waals surface area contributed by atoms with Crippen LogP contribution in [-0.2, 0) is 0 Å². The van der Waals surface area contributed by atoms with E-state index in [1.165, 1.54) is 51.4 Å². The molecule has 82 valence electrons. The quantitative estimate of drug-likeness (QED) is 0.718. The van der Waals surface area contributed by atoms with Crippen LogP contribution in [0.2, 0.25) is 0 Å². The van der Waals surface area contributed by atoms with Gasteiger partial charge in [-0.1, -0.05) is 32.6 Å². The minimum Gasteiger partial charge on any atom is -0.327 e. The molecule has 0 aliphatic heterocycles. The number of nitrogens with two attached hydrogens (primary N) is 1. The van der Waals surface area contributed by atoms with Crippen molar-refractivity contribution in [1.29, 1.82) is 0 Å². The minimum absolute atomic E-state index is 0.528. The molecule has 1 heteroatoms. The second-order valence-electron chi connectivity index (χ2n) is 5.65. The van der Waals surface area contributed by atoms with Crippen LogP contribution in [0, 0.1) is 17.8 Å². The fourth-order valence-electron chi connectivity index (χ4n) is 3.56. The number of hydrogen-bond donors (Lipinski definition) is 1. The lowest BCUT2D eigenvalue weighted by atomic mass is 9.75. The highest BCUT2D eigenvalue weighted by molar-refractivity contribution is 4.86. The molecule has 0 bridgehead atoms. The van der Waals surface area contributed by atoms with Crippen LogP contribution in [0.3, 0.4) is 0 Å². The number of rotatable bonds is 2. The van der Waals surface area contributed by atoms with Gasteiger partial charge in [0, 0.05) is 6.04 Å². The van der Waals surface area contributed by atoms with Gasteiger partial charge in [0.05, 0.1) is 0 Å². The summed E-state index contributed by atoms with van der Waals surface area (Å²) in [5.41, 5.74) is 6.42. The molecule has 1 nitrogen and oxygen atoms in total. The molecule has 0 spiro atoms. The van der Waals surface area contributed by atoms with Crippen molar-refractivity contribution in [3.8, 4) is 0 Å². The first-order valence-electron chi connectivity index (χ1n) is 6.53. The predicted octanol–water partition coefficient (Wildman–Crippen LogP) is 3.33. The van der Waals surface area contributed by atoms with Crippen LogP contribution >= 0.6 is 0 Å². The summed E-state index contributed by atoms with van der Waals surface area (Å²) in [4.78, 5) is 0. The van der Waals surface area contributed by atoms with E-state index >= 15 is 0 Å². The Morgan fingerprint density at radius 2 is 1.57 bits per heavy atom. The van der Waals surface area contributed by atoms with Crippen molar-refractivity contribution < 1.29 is 0 Å². The van der Waals surface area contributed by atoms with Gasteiger partial charge in [-0.25, -0.2) is 0 Å². The molecule has 3 unspecified atom stereocenters. The number of hydrogen-bond acceptors (Lipinski definition) is 1. The van der Waals surface area contributed by atoms with E-state index in [9.17, 15) is 0 Å². The van der Waals surface area contributed by atoms with Gasteiger partial charge in [0.2, 0.25) is 0 Å². The van der Waals surface area contributed by atoms with E-state index in [1.54, 1.807) is 0 Å². The Bertz CT molecular complexity index is 172. The third-order valence-corrected chi connectivity index (χ3v) is 4.47. The van der Waals surface area contributed by atoms with Crippen molar-refractivity contribution in [1.82, 2.24) is 0 Å². The lowest BCUT2D eigenvalue weighted by Crippen LogP contribution is -2.38. The van der Waals surface area contributed by atoms with E-state index in [1.807, 2.05) is 0 Å². The van der Waals surface area contributed by atoms with Crippen LogP contribution in [0.5, 0.6) is 0 Å². The van der Waals surface area contributed by atoms with Crippen LogP contribution < -0.4 is 5.73 Å². The molecule has 2 N–H and O–H groups in total. The van der Waals surface area contributed by atoms with Crippen molar-refractivity contribution in [2.24, 2.45) is 23.5 Å². The van der Waals surface area contributed by atoms with Gasteiger partial charge in [-0.3, -0.25) is 0 Å². The van der Waals surface area contributed by atoms with E-state index in [0.29, 0.717) is 6.04 Å². The summed E-state index contributed by atoms with van der Waals surface area (Å²) in [5.74, 6) is 2.65. The topological polar surface area (TPSA) is 26.0 Å². The summed E-state index contributed by atoms with van der Waals surface area (Å²) in [6.45, 7) is 2.40. The molecular weight excluding hydrogens is 170 g/mol. The maximum absolute atomic E-state index is 6.42. The molecule has 0 aromatic carbocycles. The Kier molecular flexibility index (Phi) is 3.48. The van der Waals surface area contributed by atoms with Crippen LogP contribution in [0.1, 0.15) is 58.3 Å². The first-order valence-corrected chi connectivity index (χ1v) is 6.53. The summed E-state index contributed by atoms with van der Waals surface area (Å²) < 4.78 is 0. The largest absolute Gasteiger partial charge is 0.327 e. The summed E-state index contributed by atoms with van der Waals surface area (Å²) in [6.07, 6.45) is 11.3. The molecule has 0 amide bonds. The highest BCUT2D eigenvalue weighted by atomic mass is 14.7. The van der Waals surface area contributed by atoms with Crippen LogP contribution in [0.25, 0.3) is 0 Å². The maximum atomic E-state index is 6.42. The maximum Gasteiger partial charge on any atom is 0.00957 e. The SMILES string of the molecule is CC1CCCC(C(N)C2CCCC2)C1. The Morgan fingerprint density at radius 3 is 2.21 bits per heavy atom. The molecular formula is C13H25N. The van der Waals surface area contributed by atoms with Crippen LogP contribution in [-0.4, -0.2) is 6.04 Å². The van der Waals surface area contributed by atoms with E-state index in [0.717, 1.165) is 17.8 Å². The highest BCUT2D eigenvalue weighted by Crippen LogP contribution is 2.37. The molecule has 2 fully saturated rings. The van der Waals surface area contributed by atoms with Crippen LogP contribution in [0.4, 0.5) is 0 Å². The van der Waals surface area contributed by atoms with E-state index in [-0.39, 0.29) is 0 Å². The smallest absolute Gasteiger partial charge is 0.00957 e. The Balaban J connectivity index is 1.86. The molecule has 14 heavy (non-hydrogen) atoms. The highest BCUT2D eigenvalue weighted by Gasteiger charge is 2.30. The van der Waals surface area contributed by atoms with Crippen molar-refractivity contribution in [3.63, 3.8) is 0 Å². The van der Waals surface area contributed by atoms with Crippen LogP contribution in [0.15, 0.2) is 0 Å². The normalized spacial score (nSPS) is 37.3. The molecule has 2 aliphatic carbocycles. The average Bonchev–Trinajstić information content (AvgIpc) is 2.69. The molecule has 2 rings (SSSR count). The Morgan fingerprint density at radius 1 is 0.929 bits per heavy atom. The summed E-state index contributed by atoms with van der Waals surface area (Å²) in [6, 6.07) is 0.528. The standard InChI is InChI=1S/C13H25N/c1-10-5-4-8-12(9-10)13(14)11-6-2-3-7-11/h10-13H,2-9,14H2,1H3. The third-order valence-electron chi connectivity index (χ3n) is 4.47. The second kappa shape index (κ2) is 4.65. The molecule has 2 saturated carbocycles. The van der Waals surface area contributed by atoms with Gasteiger partial charge in [-0.2, -0.15) is 0 Å². The van der Waals surface area contributed by atoms with Crippen molar-refractivity contribution >= 4 is 0 Å². The zero-order chi connectivity index (χ0) is 9.97. The van der Waals surface area contributed by atoms with E-state index < -0.39 is 0 Å². The van der Waals surface area contributed by atoms with Gasteiger partial charge in [0.15, 0.2) is 0 Å². The first kappa shape index (κ1) is 10.5. The predicted molar refractivity (Wildman–Crippen MR) is 61.1 cm³/mol. The summed E-state index contributed by atoms with van der Waals surface area (Å²) >= 11 is 0. The average molecular weight is 195 g/mol. The summed E-state index contributed by atoms with van der Waals surface area (Å²) in [5, 5.41) is 0. The van der Waals surface area contributed by atoms with Gasteiger partial charge in [0.25, 0.3) is 0 Å². The van der Waals surface area contributed by atoms with E-state index in [4.69, 9.17) is 5.73 Å². The van der Waals surface area contributed by atoms with Gasteiger partial charge >= 0.3 is 0 Å².